The van der Waals surface area contributed by atoms with E-state index in [0.717, 1.165) is 0 Å². The zero-order chi connectivity index (χ0) is 14.5. The minimum Gasteiger partial charge on any atom is -0.330 e. The monoisotopic (exact) mass is 315 g/mol. The van der Waals surface area contributed by atoms with Crippen LogP contribution in [0.25, 0.3) is 11.3 Å². The molecular weight excluding hydrogens is 304 g/mol. The molecule has 0 amide bonds. The first-order chi connectivity index (χ1) is 9.60. The lowest BCUT2D eigenvalue weighted by Gasteiger charge is -2.07. The highest BCUT2D eigenvalue weighted by Crippen LogP contribution is 2.26. The molecule has 2 N–H and O–H groups in total. The topological polar surface area (TPSA) is 51.8 Å². The second kappa shape index (κ2) is 6.97. The molecule has 0 saturated heterocycles. The third-order valence-electron chi connectivity index (χ3n) is 2.44. The average molecular weight is 316 g/mol. The number of rotatable bonds is 5. The van der Waals surface area contributed by atoms with Crippen LogP contribution in [0.15, 0.2) is 35.5 Å². The first kappa shape index (κ1) is 15.2. The van der Waals surface area contributed by atoms with Crippen molar-refractivity contribution in [1.29, 1.82) is 0 Å². The summed E-state index contributed by atoms with van der Waals surface area (Å²) < 4.78 is 25.8. The summed E-state index contributed by atoms with van der Waals surface area (Å²) in [5.41, 5.74) is 6.28. The maximum atomic E-state index is 12.9. The van der Waals surface area contributed by atoms with Gasteiger partial charge >= 0.3 is 0 Å². The normalized spacial score (nSPS) is 11.1. The van der Waals surface area contributed by atoms with E-state index < -0.39 is 6.43 Å². The molecule has 0 atom stereocenters. The molecule has 7 heteroatoms. The summed E-state index contributed by atoms with van der Waals surface area (Å²) in [5.74, 6) is 0.576. The van der Waals surface area contributed by atoms with Gasteiger partial charge in [-0.05, 0) is 18.2 Å². The number of halogens is 3. The smallest absolute Gasteiger partial charge is 0.280 e. The zero-order valence-electron chi connectivity index (χ0n) is 10.4. The summed E-state index contributed by atoms with van der Waals surface area (Å²) in [6, 6.07) is 8.14. The van der Waals surface area contributed by atoms with Gasteiger partial charge in [-0.3, -0.25) is 0 Å². The largest absolute Gasteiger partial charge is 0.330 e. The summed E-state index contributed by atoms with van der Waals surface area (Å²) in [6.07, 6.45) is -2.64. The van der Waals surface area contributed by atoms with Crippen molar-refractivity contribution in [3.05, 3.63) is 41.0 Å². The molecule has 2 aromatic rings. The van der Waals surface area contributed by atoms with Gasteiger partial charge in [0.05, 0.1) is 5.69 Å². The molecular formula is C13H12ClF2N3S. The van der Waals surface area contributed by atoms with Gasteiger partial charge in [-0.1, -0.05) is 35.5 Å². The minimum atomic E-state index is -2.64. The van der Waals surface area contributed by atoms with Gasteiger partial charge in [0, 0.05) is 22.9 Å². The van der Waals surface area contributed by atoms with Crippen LogP contribution < -0.4 is 5.73 Å². The fourth-order valence-electron chi connectivity index (χ4n) is 1.54. The molecule has 0 aliphatic heterocycles. The molecule has 0 radical (unpaired) electrons. The Morgan fingerprint density at radius 3 is 2.50 bits per heavy atom. The quantitative estimate of drug-likeness (QED) is 0.674. The first-order valence-corrected chi connectivity index (χ1v) is 7.22. The number of benzene rings is 1. The summed E-state index contributed by atoms with van der Waals surface area (Å²) >= 11 is 7.07. The highest BCUT2D eigenvalue weighted by molar-refractivity contribution is 7.99. The third-order valence-corrected chi connectivity index (χ3v) is 3.57. The van der Waals surface area contributed by atoms with Crippen LogP contribution in [-0.4, -0.2) is 22.3 Å². The summed E-state index contributed by atoms with van der Waals surface area (Å²) in [5, 5.41) is 0.882. The predicted molar refractivity (Wildman–Crippen MR) is 77.2 cm³/mol. The van der Waals surface area contributed by atoms with Crippen LogP contribution in [0.3, 0.4) is 0 Å². The van der Waals surface area contributed by atoms with Gasteiger partial charge in [-0.2, -0.15) is 0 Å². The molecule has 0 saturated carbocycles. The summed E-state index contributed by atoms with van der Waals surface area (Å²) in [7, 11) is 0. The molecule has 0 bridgehead atoms. The maximum absolute atomic E-state index is 12.9. The average Bonchev–Trinajstić information content (AvgIpc) is 2.45. The van der Waals surface area contributed by atoms with Gasteiger partial charge in [-0.25, -0.2) is 18.7 Å². The maximum Gasteiger partial charge on any atom is 0.280 e. The van der Waals surface area contributed by atoms with Crippen molar-refractivity contribution < 1.29 is 8.78 Å². The molecule has 1 heterocycles. The number of nitrogens with zero attached hydrogens (tertiary/aromatic N) is 2. The Balaban J connectivity index is 2.40. The van der Waals surface area contributed by atoms with Gasteiger partial charge in [-0.15, -0.1) is 0 Å². The molecule has 0 aliphatic rings. The molecule has 0 spiro atoms. The molecule has 2 rings (SSSR count). The Kier molecular flexibility index (Phi) is 5.28. The highest BCUT2D eigenvalue weighted by Gasteiger charge is 2.14. The van der Waals surface area contributed by atoms with Gasteiger partial charge < -0.3 is 5.73 Å². The SMILES string of the molecule is NCCSc1nc(-c2ccc(Cl)cc2)cc(C(F)F)n1. The van der Waals surface area contributed by atoms with Crippen LogP contribution in [0.1, 0.15) is 12.1 Å². The van der Waals surface area contributed by atoms with E-state index in [-0.39, 0.29) is 5.69 Å². The van der Waals surface area contributed by atoms with E-state index in [2.05, 4.69) is 9.97 Å². The standard InChI is InChI=1S/C13H12ClF2N3S/c14-9-3-1-8(2-4-9)10-7-11(12(15)16)19-13(18-10)20-6-5-17/h1-4,7,12H,5-6,17H2. The number of aromatic nitrogens is 2. The summed E-state index contributed by atoms with van der Waals surface area (Å²) in [4.78, 5) is 8.11. The second-order valence-electron chi connectivity index (χ2n) is 3.91. The van der Waals surface area contributed by atoms with Crippen molar-refractivity contribution in [2.45, 2.75) is 11.6 Å². The van der Waals surface area contributed by atoms with Crippen LogP contribution in [0.2, 0.25) is 5.02 Å². The first-order valence-electron chi connectivity index (χ1n) is 5.86. The highest BCUT2D eigenvalue weighted by atomic mass is 35.5. The van der Waals surface area contributed by atoms with Crippen molar-refractivity contribution in [3.63, 3.8) is 0 Å². The lowest BCUT2D eigenvalue weighted by atomic mass is 10.1. The van der Waals surface area contributed by atoms with Crippen LogP contribution in [0.4, 0.5) is 8.78 Å². The van der Waals surface area contributed by atoms with Crippen LogP contribution >= 0.6 is 23.4 Å². The molecule has 20 heavy (non-hydrogen) atoms. The lowest BCUT2D eigenvalue weighted by Crippen LogP contribution is -2.03. The Bertz CT molecular complexity index is 578. The molecule has 1 aromatic heterocycles. The molecule has 0 unspecified atom stereocenters. The Hall–Kier alpha value is -1.24. The van der Waals surface area contributed by atoms with Gasteiger partial charge in [0.25, 0.3) is 6.43 Å². The number of thioether (sulfide) groups is 1. The summed E-state index contributed by atoms with van der Waals surface area (Å²) in [6.45, 7) is 0.434. The van der Waals surface area contributed by atoms with Crippen molar-refractivity contribution in [1.82, 2.24) is 9.97 Å². The Morgan fingerprint density at radius 2 is 1.90 bits per heavy atom. The van der Waals surface area contributed by atoms with E-state index in [1.54, 1.807) is 24.3 Å². The number of hydrogen-bond donors (Lipinski definition) is 1. The number of nitrogens with two attached hydrogens (primary N) is 1. The number of alkyl halides is 2. The lowest BCUT2D eigenvalue weighted by molar-refractivity contribution is 0.145. The Labute approximate surface area is 124 Å². The van der Waals surface area contributed by atoms with Crippen LogP contribution in [-0.2, 0) is 0 Å². The molecule has 0 fully saturated rings. The van der Waals surface area contributed by atoms with E-state index in [4.69, 9.17) is 17.3 Å². The molecule has 3 nitrogen and oxygen atoms in total. The fraction of sp³-hybridized carbons (Fsp3) is 0.231. The van der Waals surface area contributed by atoms with Crippen molar-refractivity contribution in [2.75, 3.05) is 12.3 Å². The second-order valence-corrected chi connectivity index (χ2v) is 5.40. The predicted octanol–water partition coefficient (Wildman–Crippen LogP) is 3.79. The van der Waals surface area contributed by atoms with Crippen molar-refractivity contribution in [3.8, 4) is 11.3 Å². The molecule has 106 valence electrons. The van der Waals surface area contributed by atoms with E-state index in [1.807, 2.05) is 0 Å². The van der Waals surface area contributed by atoms with E-state index >= 15 is 0 Å². The van der Waals surface area contributed by atoms with Gasteiger partial charge in [0.15, 0.2) is 5.16 Å². The number of hydrogen-bond acceptors (Lipinski definition) is 4. The third kappa shape index (κ3) is 3.88. The fourth-order valence-corrected chi connectivity index (χ4v) is 2.30. The van der Waals surface area contributed by atoms with E-state index in [9.17, 15) is 8.78 Å². The van der Waals surface area contributed by atoms with Crippen molar-refractivity contribution in [2.24, 2.45) is 5.73 Å². The van der Waals surface area contributed by atoms with Crippen molar-refractivity contribution >= 4 is 23.4 Å². The van der Waals surface area contributed by atoms with E-state index in [1.165, 1.54) is 17.8 Å². The van der Waals surface area contributed by atoms with Gasteiger partial charge in [0.2, 0.25) is 0 Å². The van der Waals surface area contributed by atoms with Crippen LogP contribution in [0, 0.1) is 0 Å². The van der Waals surface area contributed by atoms with Crippen LogP contribution in [0.5, 0.6) is 0 Å². The minimum absolute atomic E-state index is 0.288. The van der Waals surface area contributed by atoms with E-state index in [0.29, 0.717) is 33.7 Å². The zero-order valence-corrected chi connectivity index (χ0v) is 12.0. The van der Waals surface area contributed by atoms with Gasteiger partial charge in [0.1, 0.15) is 5.69 Å². The Morgan fingerprint density at radius 1 is 1.20 bits per heavy atom. The molecule has 0 aliphatic carbocycles. The molecule has 1 aromatic carbocycles.